The van der Waals surface area contributed by atoms with Gasteiger partial charge in [-0.1, -0.05) is 12.1 Å². The molecule has 2 rings (SSSR count). The Labute approximate surface area is 126 Å². The molecule has 0 fully saturated rings. The minimum Gasteiger partial charge on any atom is -0.207 e. The molecule has 0 heterocycles. The van der Waals surface area contributed by atoms with Crippen molar-refractivity contribution < 1.29 is 4.39 Å². The summed E-state index contributed by atoms with van der Waals surface area (Å²) in [5, 5.41) is 0. The van der Waals surface area contributed by atoms with Gasteiger partial charge in [0.25, 0.3) is 0 Å². The smallest absolute Gasteiger partial charge is 0.124 e. The van der Waals surface area contributed by atoms with E-state index in [1.807, 2.05) is 46.9 Å². The molecule has 0 radical (unpaired) electrons. The first-order valence-electron chi connectivity index (χ1n) is 5.03. The number of halogens is 3. The molecule has 0 bridgehead atoms. The van der Waals surface area contributed by atoms with Crippen molar-refractivity contribution in [3.05, 3.63) is 56.3 Å². The van der Waals surface area contributed by atoms with Crippen LogP contribution >= 0.6 is 38.5 Å². The third-order valence-corrected chi connectivity index (χ3v) is 3.64. The highest BCUT2D eigenvalue weighted by atomic mass is 127. The molecule has 2 aromatic rings. The lowest BCUT2D eigenvalue weighted by Crippen LogP contribution is -1.76. The molecule has 0 amide bonds. The topological polar surface area (TPSA) is 24.7 Å². The first kappa shape index (κ1) is 13.4. The van der Waals surface area contributed by atoms with Gasteiger partial charge in [-0.2, -0.15) is 9.98 Å². The average molecular weight is 417 g/mol. The molecular weight excluding hydrogens is 410 g/mol. The van der Waals surface area contributed by atoms with E-state index in [0.29, 0.717) is 5.69 Å². The van der Waals surface area contributed by atoms with Gasteiger partial charge in [-0.3, -0.25) is 0 Å². The lowest BCUT2D eigenvalue weighted by atomic mass is 10.3. The Bertz CT molecular complexity index is 637. The molecule has 0 unspecified atom stereocenters. The Morgan fingerprint density at radius 2 is 1.78 bits per heavy atom. The Hall–Kier alpha value is -1.04. The molecular formula is C13H7BrFIN2. The number of hydrogen-bond acceptors (Lipinski definition) is 2. The number of rotatable bonds is 2. The van der Waals surface area contributed by atoms with Gasteiger partial charge in [0.15, 0.2) is 0 Å². The summed E-state index contributed by atoms with van der Waals surface area (Å²) in [5.41, 5.74) is 1.39. The van der Waals surface area contributed by atoms with Gasteiger partial charge < -0.3 is 0 Å². The van der Waals surface area contributed by atoms with Crippen molar-refractivity contribution in [2.75, 3.05) is 0 Å². The second kappa shape index (κ2) is 6.22. The van der Waals surface area contributed by atoms with Crippen LogP contribution in [0.25, 0.3) is 0 Å². The van der Waals surface area contributed by atoms with E-state index in [4.69, 9.17) is 0 Å². The predicted octanol–water partition coefficient (Wildman–Crippen LogP) is 5.33. The van der Waals surface area contributed by atoms with Crippen LogP contribution in [-0.2, 0) is 0 Å². The Morgan fingerprint density at radius 3 is 2.50 bits per heavy atom. The predicted molar refractivity (Wildman–Crippen MR) is 82.4 cm³/mol. The highest BCUT2D eigenvalue weighted by Gasteiger charge is 1.98. The fourth-order valence-electron chi connectivity index (χ4n) is 1.25. The van der Waals surface area contributed by atoms with Crippen LogP contribution in [0.1, 0.15) is 0 Å². The first-order chi connectivity index (χ1) is 8.66. The normalized spacial score (nSPS) is 9.72. The third-order valence-electron chi connectivity index (χ3n) is 2.10. The largest absolute Gasteiger partial charge is 0.207 e. The molecule has 18 heavy (non-hydrogen) atoms. The maximum Gasteiger partial charge on any atom is 0.124 e. The Kier molecular flexibility index (Phi) is 4.63. The van der Waals surface area contributed by atoms with Crippen LogP contribution in [-0.4, -0.2) is 6.01 Å². The SMILES string of the molecule is Fc1ccc(N=C=Nc2ccccc2Br)c(I)c1. The zero-order valence-corrected chi connectivity index (χ0v) is 12.8. The second-order valence-electron chi connectivity index (χ2n) is 3.37. The molecule has 0 aliphatic rings. The number of para-hydroxylation sites is 1. The van der Waals surface area contributed by atoms with Gasteiger partial charge in [-0.15, -0.1) is 0 Å². The number of benzene rings is 2. The van der Waals surface area contributed by atoms with Crippen LogP contribution in [0, 0.1) is 9.39 Å². The Balaban J connectivity index is 2.28. The van der Waals surface area contributed by atoms with Crippen molar-refractivity contribution in [1.82, 2.24) is 0 Å². The molecule has 0 spiro atoms. The average Bonchev–Trinajstić information content (AvgIpc) is 2.34. The van der Waals surface area contributed by atoms with Crippen molar-refractivity contribution in [1.29, 1.82) is 0 Å². The summed E-state index contributed by atoms with van der Waals surface area (Å²) in [6, 6.07) is 14.5. The van der Waals surface area contributed by atoms with Crippen LogP contribution in [0.5, 0.6) is 0 Å². The molecule has 2 aromatic carbocycles. The van der Waals surface area contributed by atoms with Crippen molar-refractivity contribution in [3.63, 3.8) is 0 Å². The van der Waals surface area contributed by atoms with Gasteiger partial charge in [0.2, 0.25) is 0 Å². The monoisotopic (exact) mass is 416 g/mol. The zero-order valence-electron chi connectivity index (χ0n) is 9.07. The van der Waals surface area contributed by atoms with E-state index in [-0.39, 0.29) is 5.82 Å². The molecule has 0 aromatic heterocycles. The van der Waals surface area contributed by atoms with Crippen molar-refractivity contribution in [3.8, 4) is 0 Å². The maximum absolute atomic E-state index is 12.9. The zero-order chi connectivity index (χ0) is 13.0. The van der Waals surface area contributed by atoms with E-state index in [2.05, 4.69) is 31.9 Å². The van der Waals surface area contributed by atoms with Gasteiger partial charge in [0.1, 0.15) is 11.8 Å². The summed E-state index contributed by atoms with van der Waals surface area (Å²) in [6.45, 7) is 0. The summed E-state index contributed by atoms with van der Waals surface area (Å²) in [5.74, 6) is -0.277. The van der Waals surface area contributed by atoms with E-state index in [1.54, 1.807) is 6.07 Å². The van der Waals surface area contributed by atoms with Gasteiger partial charge in [0, 0.05) is 8.04 Å². The summed E-state index contributed by atoms with van der Waals surface area (Å²) in [4.78, 5) is 8.18. The lowest BCUT2D eigenvalue weighted by molar-refractivity contribution is 0.627. The molecule has 0 N–H and O–H groups in total. The maximum atomic E-state index is 12.9. The Morgan fingerprint density at radius 1 is 1.06 bits per heavy atom. The molecule has 2 nitrogen and oxygen atoms in total. The highest BCUT2D eigenvalue weighted by Crippen LogP contribution is 2.24. The fraction of sp³-hybridized carbons (Fsp3) is 0. The number of nitrogens with zero attached hydrogens (tertiary/aromatic N) is 2. The molecule has 0 atom stereocenters. The van der Waals surface area contributed by atoms with Crippen molar-refractivity contribution >= 4 is 55.9 Å². The lowest BCUT2D eigenvalue weighted by Gasteiger charge is -1.95. The quantitative estimate of drug-likeness (QED) is 0.467. The molecule has 0 saturated carbocycles. The summed E-state index contributed by atoms with van der Waals surface area (Å²) in [7, 11) is 0. The highest BCUT2D eigenvalue weighted by molar-refractivity contribution is 14.1. The molecule has 5 heteroatoms. The summed E-state index contributed by atoms with van der Waals surface area (Å²) >= 11 is 5.40. The summed E-state index contributed by atoms with van der Waals surface area (Å²) < 4.78 is 14.5. The van der Waals surface area contributed by atoms with E-state index < -0.39 is 0 Å². The van der Waals surface area contributed by atoms with Gasteiger partial charge in [-0.25, -0.2) is 4.39 Å². The van der Waals surface area contributed by atoms with Crippen LogP contribution in [0.4, 0.5) is 15.8 Å². The van der Waals surface area contributed by atoms with Gasteiger partial charge >= 0.3 is 0 Å². The van der Waals surface area contributed by atoms with Crippen LogP contribution < -0.4 is 0 Å². The van der Waals surface area contributed by atoms with Crippen molar-refractivity contribution in [2.45, 2.75) is 0 Å². The summed E-state index contributed by atoms with van der Waals surface area (Å²) in [6.07, 6.45) is 0. The van der Waals surface area contributed by atoms with Crippen molar-refractivity contribution in [2.24, 2.45) is 9.98 Å². The number of aliphatic imine (C=N–C) groups is 2. The van der Waals surface area contributed by atoms with Gasteiger partial charge in [0.05, 0.1) is 11.4 Å². The van der Waals surface area contributed by atoms with Crippen LogP contribution in [0.3, 0.4) is 0 Å². The molecule has 90 valence electrons. The van der Waals surface area contributed by atoms with Crippen LogP contribution in [0.15, 0.2) is 56.9 Å². The van der Waals surface area contributed by atoms with E-state index in [1.165, 1.54) is 12.1 Å². The second-order valence-corrected chi connectivity index (χ2v) is 5.39. The van der Waals surface area contributed by atoms with E-state index in [0.717, 1.165) is 13.7 Å². The number of hydrogen-bond donors (Lipinski definition) is 0. The van der Waals surface area contributed by atoms with Gasteiger partial charge in [-0.05, 0) is 68.9 Å². The fourth-order valence-corrected chi connectivity index (χ4v) is 2.22. The molecule has 0 aliphatic heterocycles. The van der Waals surface area contributed by atoms with E-state index >= 15 is 0 Å². The standard InChI is InChI=1S/C13H7BrFIN2/c14-10-3-1-2-4-12(10)17-8-18-13-6-5-9(15)7-11(13)16/h1-7H. The minimum atomic E-state index is -0.277. The first-order valence-corrected chi connectivity index (χ1v) is 6.90. The third kappa shape index (κ3) is 3.48. The van der Waals surface area contributed by atoms with Crippen LogP contribution in [0.2, 0.25) is 0 Å². The minimum absolute atomic E-state index is 0.277. The molecule has 0 saturated heterocycles. The van der Waals surface area contributed by atoms with E-state index in [9.17, 15) is 4.39 Å². The molecule has 0 aliphatic carbocycles.